The molecule has 0 amide bonds. The lowest BCUT2D eigenvalue weighted by atomic mass is 10.3. The zero-order valence-corrected chi connectivity index (χ0v) is 11.4. The first-order chi connectivity index (χ1) is 8.06. The quantitative estimate of drug-likeness (QED) is 0.860. The second-order valence-corrected chi connectivity index (χ2v) is 6.64. The fraction of sp³-hybridized carbons (Fsp3) is 0.333. The normalized spacial score (nSPS) is 12.6. The van der Waals surface area contributed by atoms with Crippen LogP contribution >= 0.6 is 11.8 Å². The predicted molar refractivity (Wildman–Crippen MR) is 73.8 cm³/mol. The molecule has 17 heavy (non-hydrogen) atoms. The third-order valence-electron chi connectivity index (χ3n) is 2.27. The Kier molecular flexibility index (Phi) is 5.58. The van der Waals surface area contributed by atoms with Gasteiger partial charge in [0.25, 0.3) is 0 Å². The lowest BCUT2D eigenvalue weighted by Crippen LogP contribution is -2.10. The summed E-state index contributed by atoms with van der Waals surface area (Å²) in [7, 11) is -3.21. The zero-order chi connectivity index (χ0) is 12.7. The van der Waals surface area contributed by atoms with Crippen molar-refractivity contribution < 1.29 is 8.42 Å². The topological polar surface area (TPSA) is 60.2 Å². The highest BCUT2D eigenvalue weighted by atomic mass is 32.2. The van der Waals surface area contributed by atoms with Crippen molar-refractivity contribution in [3.8, 4) is 0 Å². The molecular formula is C12H17NO2S2. The van der Waals surface area contributed by atoms with Crippen LogP contribution in [0.5, 0.6) is 0 Å². The lowest BCUT2D eigenvalue weighted by molar-refractivity contribution is 0.595. The van der Waals surface area contributed by atoms with Gasteiger partial charge in [0.05, 0.1) is 10.6 Å². The summed E-state index contributed by atoms with van der Waals surface area (Å²) in [5.74, 6) is 0.880. The molecule has 1 rings (SSSR count). The summed E-state index contributed by atoms with van der Waals surface area (Å²) in [5.41, 5.74) is 6.37. The van der Waals surface area contributed by atoms with E-state index >= 15 is 0 Å². The third kappa shape index (κ3) is 4.83. The van der Waals surface area contributed by atoms with Crippen LogP contribution in [-0.4, -0.2) is 26.2 Å². The van der Waals surface area contributed by atoms with Gasteiger partial charge in [0.2, 0.25) is 0 Å². The minimum Gasteiger partial charge on any atom is -0.402 e. The van der Waals surface area contributed by atoms with Gasteiger partial charge in [-0.1, -0.05) is 24.3 Å². The maximum absolute atomic E-state index is 11.9. The largest absolute Gasteiger partial charge is 0.402 e. The fourth-order valence-corrected chi connectivity index (χ4v) is 2.98. The molecule has 0 aliphatic heterocycles. The maximum Gasteiger partial charge on any atom is 0.178 e. The average molecular weight is 271 g/mol. The number of hydrogen-bond acceptors (Lipinski definition) is 4. The van der Waals surface area contributed by atoms with E-state index < -0.39 is 9.84 Å². The van der Waals surface area contributed by atoms with Gasteiger partial charge in [0.15, 0.2) is 9.84 Å². The van der Waals surface area contributed by atoms with Crippen molar-refractivity contribution in [1.82, 2.24) is 0 Å². The van der Waals surface area contributed by atoms with E-state index in [1.165, 1.54) is 0 Å². The molecule has 5 heteroatoms. The van der Waals surface area contributed by atoms with Crippen LogP contribution < -0.4 is 5.73 Å². The molecule has 0 atom stereocenters. The molecule has 94 valence electrons. The second-order valence-electron chi connectivity index (χ2n) is 3.62. The van der Waals surface area contributed by atoms with Crippen LogP contribution in [0.15, 0.2) is 47.0 Å². The molecule has 0 aromatic heterocycles. The SMILES string of the molecule is CSCC=C(N)CCS(=O)(=O)c1ccccc1. The van der Waals surface area contributed by atoms with Gasteiger partial charge in [-0.05, 0) is 18.4 Å². The number of allylic oxidation sites excluding steroid dienone is 1. The summed E-state index contributed by atoms with van der Waals surface area (Å²) in [4.78, 5) is 0.359. The number of sulfone groups is 1. The Morgan fingerprint density at radius 2 is 2.00 bits per heavy atom. The lowest BCUT2D eigenvalue weighted by Gasteiger charge is -2.04. The molecule has 0 aliphatic carbocycles. The Morgan fingerprint density at radius 3 is 2.59 bits per heavy atom. The molecule has 0 saturated carbocycles. The smallest absolute Gasteiger partial charge is 0.178 e. The molecule has 0 spiro atoms. The van der Waals surface area contributed by atoms with Gasteiger partial charge < -0.3 is 5.73 Å². The monoisotopic (exact) mass is 271 g/mol. The van der Waals surface area contributed by atoms with Crippen molar-refractivity contribution in [1.29, 1.82) is 0 Å². The van der Waals surface area contributed by atoms with Gasteiger partial charge in [0, 0.05) is 17.9 Å². The molecule has 0 heterocycles. The molecule has 3 nitrogen and oxygen atoms in total. The minimum atomic E-state index is -3.21. The zero-order valence-electron chi connectivity index (χ0n) is 9.80. The molecule has 0 saturated heterocycles. The van der Waals surface area contributed by atoms with Crippen molar-refractivity contribution in [2.75, 3.05) is 17.8 Å². The van der Waals surface area contributed by atoms with E-state index in [1.807, 2.05) is 12.3 Å². The molecule has 0 bridgehead atoms. The third-order valence-corrected chi connectivity index (χ3v) is 4.51. The first-order valence-electron chi connectivity index (χ1n) is 5.27. The number of benzene rings is 1. The number of nitrogens with two attached hydrogens (primary N) is 1. The number of hydrogen-bond donors (Lipinski definition) is 1. The summed E-state index contributed by atoms with van der Waals surface area (Å²) >= 11 is 1.65. The maximum atomic E-state index is 11.9. The summed E-state index contributed by atoms with van der Waals surface area (Å²) < 4.78 is 23.8. The van der Waals surface area contributed by atoms with Gasteiger partial charge >= 0.3 is 0 Å². The molecule has 0 aliphatic rings. The molecular weight excluding hydrogens is 254 g/mol. The fourth-order valence-electron chi connectivity index (χ4n) is 1.29. The first-order valence-corrected chi connectivity index (χ1v) is 8.32. The number of thioether (sulfide) groups is 1. The van der Waals surface area contributed by atoms with E-state index in [4.69, 9.17) is 5.73 Å². The number of rotatable bonds is 6. The standard InChI is InChI=1S/C12H17NO2S2/c1-16-9-7-11(13)8-10-17(14,15)12-5-3-2-4-6-12/h2-7H,8-10,13H2,1H3. The van der Waals surface area contributed by atoms with E-state index in [0.29, 0.717) is 17.0 Å². The van der Waals surface area contributed by atoms with Gasteiger partial charge in [-0.2, -0.15) is 11.8 Å². The van der Waals surface area contributed by atoms with Crippen LogP contribution in [0.3, 0.4) is 0 Å². The van der Waals surface area contributed by atoms with Gasteiger partial charge in [-0.25, -0.2) is 8.42 Å². The molecule has 1 aromatic carbocycles. The van der Waals surface area contributed by atoms with E-state index in [2.05, 4.69) is 0 Å². The molecule has 0 unspecified atom stereocenters. The van der Waals surface area contributed by atoms with Crippen molar-refractivity contribution in [3.05, 3.63) is 42.1 Å². The van der Waals surface area contributed by atoms with Crippen molar-refractivity contribution >= 4 is 21.6 Å². The van der Waals surface area contributed by atoms with Gasteiger partial charge in [-0.3, -0.25) is 0 Å². The summed E-state index contributed by atoms with van der Waals surface area (Å²) in [6.45, 7) is 0. The highest BCUT2D eigenvalue weighted by Gasteiger charge is 2.13. The molecule has 0 radical (unpaired) electrons. The Bertz CT molecular complexity index is 467. The summed E-state index contributed by atoms with van der Waals surface area (Å²) in [5, 5.41) is 0. The van der Waals surface area contributed by atoms with Crippen molar-refractivity contribution in [2.24, 2.45) is 5.73 Å². The average Bonchev–Trinajstić information content (AvgIpc) is 2.35. The van der Waals surface area contributed by atoms with Crippen molar-refractivity contribution in [2.45, 2.75) is 11.3 Å². The van der Waals surface area contributed by atoms with Crippen LogP contribution in [-0.2, 0) is 9.84 Å². The Balaban J connectivity index is 2.63. The van der Waals surface area contributed by atoms with Gasteiger partial charge in [-0.15, -0.1) is 0 Å². The second kappa shape index (κ2) is 6.71. The summed E-state index contributed by atoms with van der Waals surface area (Å²) in [6.07, 6.45) is 4.23. The Labute approximate surface area is 107 Å². The highest BCUT2D eigenvalue weighted by Crippen LogP contribution is 2.12. The van der Waals surface area contributed by atoms with Crippen LogP contribution in [0.1, 0.15) is 6.42 Å². The van der Waals surface area contributed by atoms with E-state index in [1.54, 1.807) is 42.1 Å². The Hall–Kier alpha value is -0.940. The van der Waals surface area contributed by atoms with Crippen LogP contribution in [0.4, 0.5) is 0 Å². The molecule has 2 N–H and O–H groups in total. The van der Waals surface area contributed by atoms with E-state index in [9.17, 15) is 8.42 Å². The minimum absolute atomic E-state index is 0.0632. The highest BCUT2D eigenvalue weighted by molar-refractivity contribution is 7.98. The first kappa shape index (κ1) is 14.1. The summed E-state index contributed by atoms with van der Waals surface area (Å²) in [6, 6.07) is 8.46. The van der Waals surface area contributed by atoms with E-state index in [0.717, 1.165) is 5.75 Å². The Morgan fingerprint density at radius 1 is 1.35 bits per heavy atom. The van der Waals surface area contributed by atoms with Crippen molar-refractivity contribution in [3.63, 3.8) is 0 Å². The van der Waals surface area contributed by atoms with Crippen LogP contribution in [0, 0.1) is 0 Å². The van der Waals surface area contributed by atoms with E-state index in [-0.39, 0.29) is 5.75 Å². The molecule has 1 aromatic rings. The van der Waals surface area contributed by atoms with Crippen LogP contribution in [0.2, 0.25) is 0 Å². The van der Waals surface area contributed by atoms with Gasteiger partial charge in [0.1, 0.15) is 0 Å². The van der Waals surface area contributed by atoms with Crippen LogP contribution in [0.25, 0.3) is 0 Å². The molecule has 0 fully saturated rings. The predicted octanol–water partition coefficient (Wildman–Crippen LogP) is 2.06.